The van der Waals surface area contributed by atoms with E-state index in [0.717, 1.165) is 5.56 Å². The Morgan fingerprint density at radius 2 is 1.78 bits per heavy atom. The number of furan rings is 1. The van der Waals surface area contributed by atoms with Crippen LogP contribution in [-0.4, -0.2) is 20.8 Å². The summed E-state index contributed by atoms with van der Waals surface area (Å²) in [5.74, 6) is 0.425. The zero-order chi connectivity index (χ0) is 22.1. The summed E-state index contributed by atoms with van der Waals surface area (Å²) < 4.78 is 11.4. The third-order valence-corrected chi connectivity index (χ3v) is 4.74. The molecule has 9 heteroatoms. The van der Waals surface area contributed by atoms with Crippen molar-refractivity contribution in [3.8, 4) is 22.8 Å². The van der Waals surface area contributed by atoms with Gasteiger partial charge in [-0.2, -0.15) is 0 Å². The molecule has 0 aliphatic rings. The van der Waals surface area contributed by atoms with Gasteiger partial charge in [-0.3, -0.25) is 19.9 Å². The maximum Gasteiger partial charge on any atom is 0.291 e. The number of rotatable bonds is 5. The normalized spacial score (nSPS) is 10.9. The van der Waals surface area contributed by atoms with Gasteiger partial charge in [0.15, 0.2) is 11.3 Å². The molecular formula is C23H14N4O5. The second-order valence-corrected chi connectivity index (χ2v) is 6.86. The van der Waals surface area contributed by atoms with Crippen LogP contribution in [0.2, 0.25) is 0 Å². The molecule has 5 aromatic rings. The molecule has 0 saturated heterocycles. The van der Waals surface area contributed by atoms with E-state index in [2.05, 4.69) is 15.3 Å². The summed E-state index contributed by atoms with van der Waals surface area (Å²) in [5.41, 5.74) is 2.94. The number of anilines is 1. The number of non-ortho nitro benzene ring substituents is 1. The summed E-state index contributed by atoms with van der Waals surface area (Å²) in [6, 6.07) is 17.8. The van der Waals surface area contributed by atoms with Crippen LogP contribution in [0.1, 0.15) is 10.6 Å². The third-order valence-electron chi connectivity index (χ3n) is 4.74. The summed E-state index contributed by atoms with van der Waals surface area (Å²) in [6.45, 7) is 0. The number of carbonyl (C=O) groups is 1. The fourth-order valence-corrected chi connectivity index (χ4v) is 3.20. The van der Waals surface area contributed by atoms with Crippen LogP contribution in [0, 0.1) is 10.1 Å². The van der Waals surface area contributed by atoms with E-state index in [1.165, 1.54) is 18.2 Å². The molecular weight excluding hydrogens is 412 g/mol. The molecule has 1 N–H and O–H groups in total. The molecule has 0 radical (unpaired) electrons. The Morgan fingerprint density at radius 3 is 2.59 bits per heavy atom. The van der Waals surface area contributed by atoms with E-state index in [9.17, 15) is 14.9 Å². The lowest BCUT2D eigenvalue weighted by Gasteiger charge is -2.02. The summed E-state index contributed by atoms with van der Waals surface area (Å²) in [7, 11) is 0. The van der Waals surface area contributed by atoms with E-state index in [1.807, 2.05) is 0 Å². The summed E-state index contributed by atoms with van der Waals surface area (Å²) in [4.78, 5) is 31.6. The van der Waals surface area contributed by atoms with Gasteiger partial charge in [0.1, 0.15) is 11.3 Å². The van der Waals surface area contributed by atoms with Crippen LogP contribution < -0.4 is 5.32 Å². The first kappa shape index (κ1) is 19.2. The average molecular weight is 426 g/mol. The first-order valence-electron chi connectivity index (χ1n) is 9.54. The number of nitro benzene ring substituents is 1. The SMILES string of the molecule is O=C(Nc1ccc2oc(-c3ccncc3)nc2c1)c1ccc(-c2cccc([N+](=O)[O-])c2)o1. The molecule has 0 aliphatic carbocycles. The molecule has 5 rings (SSSR count). The van der Waals surface area contributed by atoms with E-state index >= 15 is 0 Å². The number of aromatic nitrogens is 2. The molecule has 0 spiro atoms. The monoisotopic (exact) mass is 426 g/mol. The number of nitrogens with zero attached hydrogens (tertiary/aromatic N) is 3. The largest absolute Gasteiger partial charge is 0.451 e. The highest BCUT2D eigenvalue weighted by molar-refractivity contribution is 6.03. The zero-order valence-corrected chi connectivity index (χ0v) is 16.4. The predicted octanol–water partition coefficient (Wildman–Crippen LogP) is 5.31. The van der Waals surface area contributed by atoms with Gasteiger partial charge in [-0.15, -0.1) is 0 Å². The maximum absolute atomic E-state index is 12.6. The first-order valence-corrected chi connectivity index (χ1v) is 9.54. The van der Waals surface area contributed by atoms with Gasteiger partial charge in [-0.1, -0.05) is 12.1 Å². The Labute approximate surface area is 180 Å². The van der Waals surface area contributed by atoms with Gasteiger partial charge >= 0.3 is 0 Å². The minimum Gasteiger partial charge on any atom is -0.451 e. The molecule has 1 amide bonds. The minimum absolute atomic E-state index is 0.0584. The Hall–Kier alpha value is -4.79. The van der Waals surface area contributed by atoms with Gasteiger partial charge < -0.3 is 14.2 Å². The Bertz CT molecular complexity index is 1460. The van der Waals surface area contributed by atoms with Crippen molar-refractivity contribution in [2.24, 2.45) is 0 Å². The third kappa shape index (κ3) is 3.70. The topological polar surface area (TPSA) is 124 Å². The van der Waals surface area contributed by atoms with E-state index in [0.29, 0.717) is 34.0 Å². The maximum atomic E-state index is 12.6. The molecule has 2 aromatic carbocycles. The van der Waals surface area contributed by atoms with Gasteiger partial charge in [0.05, 0.1) is 4.92 Å². The van der Waals surface area contributed by atoms with E-state index < -0.39 is 10.8 Å². The number of benzene rings is 2. The fraction of sp³-hybridized carbons (Fsp3) is 0. The number of oxazole rings is 1. The molecule has 3 heterocycles. The van der Waals surface area contributed by atoms with Gasteiger partial charge in [0.2, 0.25) is 5.89 Å². The number of fused-ring (bicyclic) bond motifs is 1. The quantitative estimate of drug-likeness (QED) is 0.298. The van der Waals surface area contributed by atoms with Crippen molar-refractivity contribution in [2.45, 2.75) is 0 Å². The number of nitro groups is 1. The van der Waals surface area contributed by atoms with Crippen LogP contribution >= 0.6 is 0 Å². The lowest BCUT2D eigenvalue weighted by atomic mass is 10.1. The van der Waals surface area contributed by atoms with E-state index in [-0.39, 0.29) is 11.4 Å². The lowest BCUT2D eigenvalue weighted by molar-refractivity contribution is -0.384. The molecule has 32 heavy (non-hydrogen) atoms. The Balaban J connectivity index is 1.36. The van der Waals surface area contributed by atoms with Crippen molar-refractivity contribution in [3.63, 3.8) is 0 Å². The smallest absolute Gasteiger partial charge is 0.291 e. The van der Waals surface area contributed by atoms with E-state index in [4.69, 9.17) is 8.83 Å². The van der Waals surface area contributed by atoms with Crippen LogP contribution in [0.5, 0.6) is 0 Å². The van der Waals surface area contributed by atoms with Crippen molar-refractivity contribution in [1.82, 2.24) is 9.97 Å². The highest BCUT2D eigenvalue weighted by atomic mass is 16.6. The second-order valence-electron chi connectivity index (χ2n) is 6.86. The van der Waals surface area contributed by atoms with Crippen LogP contribution in [-0.2, 0) is 0 Å². The van der Waals surface area contributed by atoms with Gasteiger partial charge in [0.25, 0.3) is 11.6 Å². The van der Waals surface area contributed by atoms with Crippen molar-refractivity contribution in [3.05, 3.63) is 95.0 Å². The highest BCUT2D eigenvalue weighted by Crippen LogP contribution is 2.28. The number of hydrogen-bond donors (Lipinski definition) is 1. The number of amides is 1. The summed E-state index contributed by atoms with van der Waals surface area (Å²) in [5, 5.41) is 13.7. The van der Waals surface area contributed by atoms with Crippen molar-refractivity contribution >= 4 is 28.4 Å². The van der Waals surface area contributed by atoms with Gasteiger partial charge in [-0.05, 0) is 42.5 Å². The van der Waals surface area contributed by atoms with Crippen molar-refractivity contribution in [2.75, 3.05) is 5.32 Å². The first-order chi connectivity index (χ1) is 15.6. The number of carbonyl (C=O) groups excluding carboxylic acids is 1. The molecule has 0 atom stereocenters. The summed E-state index contributed by atoms with van der Waals surface area (Å²) >= 11 is 0. The molecule has 0 aliphatic heterocycles. The zero-order valence-electron chi connectivity index (χ0n) is 16.4. The molecule has 0 unspecified atom stereocenters. The van der Waals surface area contributed by atoms with Crippen LogP contribution in [0.3, 0.4) is 0 Å². The minimum atomic E-state index is -0.486. The Morgan fingerprint density at radius 1 is 0.938 bits per heavy atom. The molecule has 0 bridgehead atoms. The van der Waals surface area contributed by atoms with Crippen molar-refractivity contribution < 1.29 is 18.6 Å². The predicted molar refractivity (Wildman–Crippen MR) is 116 cm³/mol. The lowest BCUT2D eigenvalue weighted by Crippen LogP contribution is -2.10. The second kappa shape index (κ2) is 7.80. The van der Waals surface area contributed by atoms with Gasteiger partial charge in [0, 0.05) is 41.3 Å². The number of pyridine rings is 1. The molecule has 156 valence electrons. The molecule has 0 saturated carbocycles. The molecule has 0 fully saturated rings. The van der Waals surface area contributed by atoms with E-state index in [1.54, 1.807) is 60.9 Å². The standard InChI is InChI=1S/C23H14N4O5/c28-22(21-7-6-19(31-21)15-2-1-3-17(12-15)27(29)30)25-16-4-5-20-18(13-16)26-23(32-20)14-8-10-24-11-9-14/h1-13H,(H,25,28). The van der Waals surface area contributed by atoms with Gasteiger partial charge in [-0.25, -0.2) is 4.98 Å². The molecule has 9 nitrogen and oxygen atoms in total. The van der Waals surface area contributed by atoms with Crippen LogP contribution in [0.15, 0.2) is 88.0 Å². The van der Waals surface area contributed by atoms with Crippen LogP contribution in [0.25, 0.3) is 33.9 Å². The summed E-state index contributed by atoms with van der Waals surface area (Å²) in [6.07, 6.45) is 3.31. The number of nitrogens with one attached hydrogen (secondary N) is 1. The average Bonchev–Trinajstić information content (AvgIpc) is 3.47. The van der Waals surface area contributed by atoms with Crippen molar-refractivity contribution in [1.29, 1.82) is 0 Å². The molecule has 3 aromatic heterocycles. The fourth-order valence-electron chi connectivity index (χ4n) is 3.20. The van der Waals surface area contributed by atoms with Crippen LogP contribution in [0.4, 0.5) is 11.4 Å². The Kier molecular flexibility index (Phi) is 4.68. The number of hydrogen-bond acceptors (Lipinski definition) is 7. The highest BCUT2D eigenvalue weighted by Gasteiger charge is 2.16.